The number of aryl methyl sites for hydroxylation is 1. The molecule has 2 aromatic rings. The minimum Gasteiger partial charge on any atom is -0.202 e. The quantitative estimate of drug-likeness (QED) is 0.161. The smallest absolute Gasteiger partial charge is 0.178 e. The van der Waals surface area contributed by atoms with Gasteiger partial charge in [-0.05, 0) is 42.3 Å². The van der Waals surface area contributed by atoms with Crippen LogP contribution in [-0.2, 0) is 6.42 Å². The number of thioether (sulfide) groups is 1. The lowest BCUT2D eigenvalue weighted by Gasteiger charge is -2.05. The average molecular weight is 377 g/mol. The van der Waals surface area contributed by atoms with Crippen molar-refractivity contribution in [3.8, 4) is 17.2 Å². The van der Waals surface area contributed by atoms with Crippen LogP contribution in [0.5, 0.6) is 0 Å². The molecular formula is C20H15F4NS. The minimum absolute atomic E-state index is 0.0170. The largest absolute Gasteiger partial charge is 0.202 e. The molecule has 0 bridgehead atoms. The van der Waals surface area contributed by atoms with E-state index in [1.807, 2.05) is 12.1 Å². The second-order valence-electron chi connectivity index (χ2n) is 5.56. The van der Waals surface area contributed by atoms with E-state index in [2.05, 4.69) is 18.8 Å². The third-order valence-electron chi connectivity index (χ3n) is 3.73. The first-order chi connectivity index (χ1) is 12.5. The molecule has 2 rings (SSSR count). The van der Waals surface area contributed by atoms with Gasteiger partial charge in [0.2, 0.25) is 0 Å². The summed E-state index contributed by atoms with van der Waals surface area (Å²) in [5, 5.41) is 9.86. The van der Waals surface area contributed by atoms with Crippen LogP contribution in [-0.4, -0.2) is 0 Å². The first-order valence-corrected chi connectivity index (χ1v) is 8.84. The van der Waals surface area contributed by atoms with Gasteiger partial charge < -0.3 is 0 Å². The predicted octanol–water partition coefficient (Wildman–Crippen LogP) is 5.95. The van der Waals surface area contributed by atoms with E-state index in [0.29, 0.717) is 5.56 Å². The molecule has 0 heterocycles. The van der Waals surface area contributed by atoms with Crippen LogP contribution < -0.4 is 0 Å². The van der Waals surface area contributed by atoms with E-state index in [1.54, 1.807) is 12.1 Å². The first kappa shape index (κ1) is 19.9. The Bertz CT molecular complexity index is 860. The number of nitrogens with zero attached hydrogens (tertiary/aromatic N) is 1. The fourth-order valence-corrected chi connectivity index (χ4v) is 2.77. The summed E-state index contributed by atoms with van der Waals surface area (Å²) < 4.78 is 55.5. The maximum Gasteiger partial charge on any atom is 0.178 e. The SMILES string of the molecule is CCCCCc1ccc(C#Cc2c(F)c(F)c(SC#N)c(F)c2F)cc1. The van der Waals surface area contributed by atoms with Crippen molar-refractivity contribution in [3.05, 3.63) is 64.2 Å². The summed E-state index contributed by atoms with van der Waals surface area (Å²) in [5.74, 6) is -1.80. The lowest BCUT2D eigenvalue weighted by Crippen LogP contribution is -2.02. The number of hydrogen-bond acceptors (Lipinski definition) is 2. The molecule has 0 saturated heterocycles. The van der Waals surface area contributed by atoms with Crippen molar-refractivity contribution in [2.75, 3.05) is 0 Å². The Labute approximate surface area is 154 Å². The van der Waals surface area contributed by atoms with Crippen LogP contribution in [0.25, 0.3) is 0 Å². The zero-order valence-corrected chi connectivity index (χ0v) is 14.8. The number of nitriles is 1. The van der Waals surface area contributed by atoms with Crippen molar-refractivity contribution in [2.24, 2.45) is 0 Å². The van der Waals surface area contributed by atoms with Gasteiger partial charge in [-0.1, -0.05) is 43.7 Å². The number of thiocyanates is 1. The molecule has 0 fully saturated rings. The number of hydrogen-bond donors (Lipinski definition) is 0. The lowest BCUT2D eigenvalue weighted by atomic mass is 10.1. The second kappa shape index (κ2) is 9.31. The highest BCUT2D eigenvalue weighted by Gasteiger charge is 2.25. The average Bonchev–Trinajstić information content (AvgIpc) is 2.65. The Morgan fingerprint density at radius 3 is 2.04 bits per heavy atom. The van der Waals surface area contributed by atoms with E-state index in [1.165, 1.54) is 5.40 Å². The molecule has 0 aromatic heterocycles. The van der Waals surface area contributed by atoms with Crippen LogP contribution >= 0.6 is 11.8 Å². The fraction of sp³-hybridized carbons (Fsp3) is 0.250. The van der Waals surface area contributed by atoms with Gasteiger partial charge in [0.25, 0.3) is 0 Å². The minimum atomic E-state index is -1.62. The van der Waals surface area contributed by atoms with Crippen LogP contribution in [0.1, 0.15) is 42.9 Å². The predicted molar refractivity (Wildman–Crippen MR) is 93.4 cm³/mol. The van der Waals surface area contributed by atoms with Crippen molar-refractivity contribution in [1.82, 2.24) is 0 Å². The molecule has 0 aliphatic carbocycles. The molecule has 6 heteroatoms. The summed E-state index contributed by atoms with van der Waals surface area (Å²) >= 11 is 0.0170. The molecule has 0 saturated carbocycles. The molecule has 1 nitrogen and oxygen atoms in total. The monoisotopic (exact) mass is 377 g/mol. The highest BCUT2D eigenvalue weighted by molar-refractivity contribution is 8.03. The molecule has 0 amide bonds. The molecule has 0 aliphatic heterocycles. The molecule has 26 heavy (non-hydrogen) atoms. The van der Waals surface area contributed by atoms with Crippen molar-refractivity contribution < 1.29 is 17.6 Å². The molecule has 2 aromatic carbocycles. The maximum absolute atomic E-state index is 14.0. The van der Waals surface area contributed by atoms with Gasteiger partial charge in [-0.15, -0.1) is 0 Å². The van der Waals surface area contributed by atoms with Gasteiger partial charge in [0.1, 0.15) is 11.0 Å². The second-order valence-corrected chi connectivity index (χ2v) is 6.35. The number of unbranched alkanes of at least 4 members (excludes halogenated alkanes) is 2. The Hall–Kier alpha value is -2.44. The third-order valence-corrected chi connectivity index (χ3v) is 4.38. The van der Waals surface area contributed by atoms with Crippen molar-refractivity contribution in [1.29, 1.82) is 5.26 Å². The molecule has 0 unspecified atom stereocenters. The number of halogens is 4. The summed E-state index contributed by atoms with van der Waals surface area (Å²) in [4.78, 5) is -1.01. The maximum atomic E-state index is 14.0. The number of benzene rings is 2. The van der Waals surface area contributed by atoms with Crippen LogP contribution in [0.4, 0.5) is 17.6 Å². The molecule has 0 spiro atoms. The van der Waals surface area contributed by atoms with Gasteiger partial charge in [0, 0.05) is 5.56 Å². The Morgan fingerprint density at radius 1 is 0.885 bits per heavy atom. The zero-order valence-electron chi connectivity index (χ0n) is 14.0. The number of rotatable bonds is 5. The van der Waals surface area contributed by atoms with Crippen LogP contribution in [0, 0.1) is 45.8 Å². The van der Waals surface area contributed by atoms with Gasteiger partial charge in [-0.3, -0.25) is 0 Å². The van der Waals surface area contributed by atoms with E-state index >= 15 is 0 Å². The Morgan fingerprint density at radius 2 is 1.50 bits per heavy atom. The van der Waals surface area contributed by atoms with E-state index in [0.717, 1.165) is 31.2 Å². The van der Waals surface area contributed by atoms with Gasteiger partial charge in [0.05, 0.1) is 4.90 Å². The Kier molecular flexibility index (Phi) is 7.12. The molecule has 0 atom stereocenters. The van der Waals surface area contributed by atoms with Crippen LogP contribution in [0.15, 0.2) is 29.2 Å². The van der Waals surface area contributed by atoms with Crippen LogP contribution in [0.3, 0.4) is 0 Å². The zero-order chi connectivity index (χ0) is 19.1. The highest BCUT2D eigenvalue weighted by atomic mass is 32.2. The molecule has 134 valence electrons. The fourth-order valence-electron chi connectivity index (χ4n) is 2.33. The molecule has 0 radical (unpaired) electrons. The van der Waals surface area contributed by atoms with E-state index in [9.17, 15) is 17.6 Å². The summed E-state index contributed by atoms with van der Waals surface area (Å²) in [6.45, 7) is 2.12. The first-order valence-electron chi connectivity index (χ1n) is 8.02. The van der Waals surface area contributed by atoms with Crippen LogP contribution in [0.2, 0.25) is 0 Å². The van der Waals surface area contributed by atoms with Gasteiger partial charge in [-0.2, -0.15) is 5.26 Å². The topological polar surface area (TPSA) is 23.8 Å². The van der Waals surface area contributed by atoms with Crippen molar-refractivity contribution >= 4 is 11.8 Å². The van der Waals surface area contributed by atoms with Gasteiger partial charge in [0.15, 0.2) is 23.3 Å². The summed E-state index contributed by atoms with van der Waals surface area (Å²) in [6.07, 6.45) is 4.26. The van der Waals surface area contributed by atoms with Gasteiger partial charge >= 0.3 is 0 Å². The van der Waals surface area contributed by atoms with E-state index in [4.69, 9.17) is 5.26 Å². The van der Waals surface area contributed by atoms with E-state index in [-0.39, 0.29) is 11.8 Å². The summed E-state index contributed by atoms with van der Waals surface area (Å²) in [7, 11) is 0. The highest BCUT2D eigenvalue weighted by Crippen LogP contribution is 2.30. The van der Waals surface area contributed by atoms with Gasteiger partial charge in [-0.25, -0.2) is 17.6 Å². The normalized spacial score (nSPS) is 10.2. The molecule has 0 aliphatic rings. The standard InChI is InChI=1S/C20H15F4NS/c1-2-3-4-5-13-6-8-14(9-7-13)10-11-15-16(21)18(23)20(26-12-25)19(24)17(15)22/h6-9H,2-5H2,1H3. The van der Waals surface area contributed by atoms with Crippen molar-refractivity contribution in [3.63, 3.8) is 0 Å². The summed E-state index contributed by atoms with van der Waals surface area (Å²) in [5.41, 5.74) is 0.602. The Balaban J connectivity index is 2.29. The lowest BCUT2D eigenvalue weighted by molar-refractivity contribution is 0.423. The van der Waals surface area contributed by atoms with E-state index < -0.39 is 33.7 Å². The third kappa shape index (κ3) is 4.59. The molecular weight excluding hydrogens is 362 g/mol. The summed E-state index contributed by atoms with van der Waals surface area (Å²) in [6, 6.07) is 7.10. The van der Waals surface area contributed by atoms with Crippen molar-refractivity contribution in [2.45, 2.75) is 37.5 Å². The molecule has 0 N–H and O–H groups in total.